The van der Waals surface area contributed by atoms with Gasteiger partial charge in [-0.25, -0.2) is 0 Å². The van der Waals surface area contributed by atoms with Crippen molar-refractivity contribution in [2.24, 2.45) is 0 Å². The van der Waals surface area contributed by atoms with Gasteiger partial charge in [-0.2, -0.15) is 5.10 Å². The number of hydrogen-bond acceptors (Lipinski definition) is 3. The highest BCUT2D eigenvalue weighted by molar-refractivity contribution is 5.07. The minimum absolute atomic E-state index is 0.287. The van der Waals surface area contributed by atoms with Crippen molar-refractivity contribution in [1.29, 1.82) is 0 Å². The monoisotopic (exact) mass is 253 g/mol. The normalized spacial score (nSPS) is 14.7. The Kier molecular flexibility index (Phi) is 6.98. The molecule has 0 aliphatic rings. The summed E-state index contributed by atoms with van der Waals surface area (Å²) in [6.07, 6.45) is 7.59. The van der Waals surface area contributed by atoms with Crippen molar-refractivity contribution in [3.63, 3.8) is 0 Å². The summed E-state index contributed by atoms with van der Waals surface area (Å²) in [6, 6.07) is 0.361. The van der Waals surface area contributed by atoms with Crippen LogP contribution in [0.5, 0.6) is 0 Å². The van der Waals surface area contributed by atoms with Crippen molar-refractivity contribution in [3.05, 3.63) is 18.0 Å². The van der Waals surface area contributed by atoms with E-state index in [0.717, 1.165) is 32.4 Å². The lowest BCUT2D eigenvalue weighted by atomic mass is 10.00. The van der Waals surface area contributed by atoms with E-state index in [1.165, 1.54) is 5.56 Å². The third-order valence-electron chi connectivity index (χ3n) is 3.24. The standard InChI is InChI=1S/C14H27N3O/c1-5-8-14(18-7-3)13(15-4)9-12-10-16-17(6-2)11-12/h10-11,13-15H,5-9H2,1-4H3. The molecule has 0 amide bonds. The average molecular weight is 253 g/mol. The fourth-order valence-corrected chi connectivity index (χ4v) is 2.26. The van der Waals surface area contributed by atoms with E-state index in [2.05, 4.69) is 37.4 Å². The van der Waals surface area contributed by atoms with Crippen LogP contribution in [0.1, 0.15) is 39.2 Å². The Morgan fingerprint density at radius 1 is 1.39 bits per heavy atom. The fourth-order valence-electron chi connectivity index (χ4n) is 2.26. The van der Waals surface area contributed by atoms with Crippen LogP contribution in [0, 0.1) is 0 Å². The zero-order valence-corrected chi connectivity index (χ0v) is 12.1. The summed E-state index contributed by atoms with van der Waals surface area (Å²) in [4.78, 5) is 0. The first-order valence-corrected chi connectivity index (χ1v) is 7.05. The summed E-state index contributed by atoms with van der Waals surface area (Å²) in [6.45, 7) is 8.07. The molecule has 1 heterocycles. The van der Waals surface area contributed by atoms with Gasteiger partial charge in [-0.1, -0.05) is 13.3 Å². The zero-order valence-electron chi connectivity index (χ0n) is 12.1. The molecule has 0 aliphatic heterocycles. The van der Waals surface area contributed by atoms with E-state index in [0.29, 0.717) is 6.04 Å². The highest BCUT2D eigenvalue weighted by atomic mass is 16.5. The van der Waals surface area contributed by atoms with Crippen molar-refractivity contribution in [3.8, 4) is 0 Å². The van der Waals surface area contributed by atoms with Gasteiger partial charge >= 0.3 is 0 Å². The van der Waals surface area contributed by atoms with Gasteiger partial charge in [-0.15, -0.1) is 0 Å². The first kappa shape index (κ1) is 15.2. The van der Waals surface area contributed by atoms with Crippen LogP contribution in [0.4, 0.5) is 0 Å². The number of aromatic nitrogens is 2. The molecule has 0 radical (unpaired) electrons. The maximum Gasteiger partial charge on any atom is 0.0730 e. The molecule has 0 spiro atoms. The van der Waals surface area contributed by atoms with Gasteiger partial charge in [0, 0.05) is 25.4 Å². The second kappa shape index (κ2) is 8.27. The molecule has 1 aromatic heterocycles. The maximum atomic E-state index is 5.85. The van der Waals surface area contributed by atoms with Gasteiger partial charge in [0.15, 0.2) is 0 Å². The van der Waals surface area contributed by atoms with Crippen molar-refractivity contribution in [2.75, 3.05) is 13.7 Å². The first-order valence-electron chi connectivity index (χ1n) is 7.05. The molecule has 0 bridgehead atoms. The van der Waals surface area contributed by atoms with Crippen LogP contribution >= 0.6 is 0 Å². The molecule has 0 saturated heterocycles. The SMILES string of the molecule is CCCC(OCC)C(Cc1cnn(CC)c1)NC. The van der Waals surface area contributed by atoms with Gasteiger partial charge in [0.05, 0.1) is 12.3 Å². The van der Waals surface area contributed by atoms with E-state index < -0.39 is 0 Å². The van der Waals surface area contributed by atoms with Crippen molar-refractivity contribution in [1.82, 2.24) is 15.1 Å². The predicted octanol–water partition coefficient (Wildman–Crippen LogP) is 2.24. The van der Waals surface area contributed by atoms with E-state index in [-0.39, 0.29) is 6.10 Å². The van der Waals surface area contributed by atoms with E-state index in [4.69, 9.17) is 4.74 Å². The van der Waals surface area contributed by atoms with Crippen LogP contribution in [0.2, 0.25) is 0 Å². The fraction of sp³-hybridized carbons (Fsp3) is 0.786. The molecule has 2 unspecified atom stereocenters. The average Bonchev–Trinajstić information content (AvgIpc) is 2.83. The number of nitrogens with one attached hydrogen (secondary N) is 1. The summed E-state index contributed by atoms with van der Waals surface area (Å²) < 4.78 is 7.82. The molecule has 1 aromatic rings. The van der Waals surface area contributed by atoms with E-state index in [1.807, 2.05) is 17.9 Å². The van der Waals surface area contributed by atoms with Crippen LogP contribution in [0.15, 0.2) is 12.4 Å². The molecule has 0 fully saturated rings. The second-order valence-corrected chi connectivity index (χ2v) is 4.59. The van der Waals surface area contributed by atoms with Crippen molar-refractivity contribution < 1.29 is 4.74 Å². The molecule has 104 valence electrons. The Balaban J connectivity index is 2.62. The topological polar surface area (TPSA) is 39.1 Å². The molecule has 4 nitrogen and oxygen atoms in total. The zero-order chi connectivity index (χ0) is 13.4. The lowest BCUT2D eigenvalue weighted by Crippen LogP contribution is -2.41. The lowest BCUT2D eigenvalue weighted by molar-refractivity contribution is 0.0301. The van der Waals surface area contributed by atoms with Gasteiger partial charge in [-0.05, 0) is 39.3 Å². The summed E-state index contributed by atoms with van der Waals surface area (Å²) in [5, 5.41) is 7.71. The summed E-state index contributed by atoms with van der Waals surface area (Å²) in [5.41, 5.74) is 1.28. The van der Waals surface area contributed by atoms with Crippen LogP contribution < -0.4 is 5.32 Å². The smallest absolute Gasteiger partial charge is 0.0730 e. The van der Waals surface area contributed by atoms with Crippen molar-refractivity contribution >= 4 is 0 Å². The second-order valence-electron chi connectivity index (χ2n) is 4.59. The molecular weight excluding hydrogens is 226 g/mol. The highest BCUT2D eigenvalue weighted by Gasteiger charge is 2.20. The highest BCUT2D eigenvalue weighted by Crippen LogP contribution is 2.12. The number of nitrogens with zero attached hydrogens (tertiary/aromatic N) is 2. The number of likely N-dealkylation sites (N-methyl/N-ethyl adjacent to an activating group) is 1. The minimum atomic E-state index is 0.287. The van der Waals surface area contributed by atoms with Crippen LogP contribution in [0.25, 0.3) is 0 Å². The van der Waals surface area contributed by atoms with Gasteiger partial charge in [0.1, 0.15) is 0 Å². The van der Waals surface area contributed by atoms with Gasteiger partial charge < -0.3 is 10.1 Å². The van der Waals surface area contributed by atoms with E-state index >= 15 is 0 Å². The number of aryl methyl sites for hydroxylation is 1. The van der Waals surface area contributed by atoms with E-state index in [9.17, 15) is 0 Å². The Labute approximate surface area is 111 Å². The number of hydrogen-bond donors (Lipinski definition) is 1. The van der Waals surface area contributed by atoms with Crippen LogP contribution in [-0.4, -0.2) is 35.6 Å². The Bertz CT molecular complexity index is 319. The number of ether oxygens (including phenoxy) is 1. The van der Waals surface area contributed by atoms with Crippen molar-refractivity contribution in [2.45, 2.75) is 58.7 Å². The molecular formula is C14H27N3O. The number of rotatable bonds is 9. The van der Waals surface area contributed by atoms with Gasteiger partial charge in [0.2, 0.25) is 0 Å². The summed E-state index contributed by atoms with van der Waals surface area (Å²) >= 11 is 0. The molecule has 0 aliphatic carbocycles. The minimum Gasteiger partial charge on any atom is -0.377 e. The Morgan fingerprint density at radius 3 is 2.67 bits per heavy atom. The summed E-state index contributed by atoms with van der Waals surface area (Å²) in [5.74, 6) is 0. The van der Waals surface area contributed by atoms with E-state index in [1.54, 1.807) is 0 Å². The largest absolute Gasteiger partial charge is 0.377 e. The Morgan fingerprint density at radius 2 is 2.17 bits per heavy atom. The third-order valence-corrected chi connectivity index (χ3v) is 3.24. The lowest BCUT2D eigenvalue weighted by Gasteiger charge is -2.26. The molecule has 2 atom stereocenters. The molecule has 1 N–H and O–H groups in total. The van der Waals surface area contributed by atoms with Crippen LogP contribution in [-0.2, 0) is 17.7 Å². The molecule has 4 heteroatoms. The Hall–Kier alpha value is -0.870. The van der Waals surface area contributed by atoms with Gasteiger partial charge in [-0.3, -0.25) is 4.68 Å². The third kappa shape index (κ3) is 4.42. The first-order chi connectivity index (χ1) is 8.74. The molecule has 1 rings (SSSR count). The summed E-state index contributed by atoms with van der Waals surface area (Å²) in [7, 11) is 2.01. The maximum absolute atomic E-state index is 5.85. The quantitative estimate of drug-likeness (QED) is 0.733. The predicted molar refractivity (Wildman–Crippen MR) is 74.8 cm³/mol. The molecule has 0 saturated carbocycles. The molecule has 0 aromatic carbocycles. The van der Waals surface area contributed by atoms with Gasteiger partial charge in [0.25, 0.3) is 0 Å². The molecule has 18 heavy (non-hydrogen) atoms. The van der Waals surface area contributed by atoms with Crippen LogP contribution in [0.3, 0.4) is 0 Å².